The molecule has 3 aromatic carbocycles. The van der Waals surface area contributed by atoms with E-state index in [1.54, 1.807) is 0 Å². The van der Waals surface area contributed by atoms with Gasteiger partial charge in [-0.2, -0.15) is 0 Å². The smallest absolute Gasteiger partial charge is 0.318 e. The van der Waals surface area contributed by atoms with Crippen LogP contribution >= 0.6 is 0 Å². The molecule has 1 aromatic heterocycles. The van der Waals surface area contributed by atoms with Crippen molar-refractivity contribution >= 4 is 33.5 Å². The molecular weight excluding hydrogens is 444 g/mol. The first-order valence-corrected chi connectivity index (χ1v) is 12.7. The molecule has 1 heterocycles. The maximum absolute atomic E-state index is 11.4. The van der Waals surface area contributed by atoms with E-state index < -0.39 is 5.97 Å². The van der Waals surface area contributed by atoms with Crippen LogP contribution in [0.3, 0.4) is 0 Å². The molecule has 36 heavy (non-hydrogen) atoms. The van der Waals surface area contributed by atoms with Crippen molar-refractivity contribution in [2.45, 2.75) is 52.9 Å². The zero-order chi connectivity index (χ0) is 25.2. The third kappa shape index (κ3) is 4.39. The lowest BCUT2D eigenvalue weighted by Crippen LogP contribution is -2.02. The third-order valence-electron chi connectivity index (χ3n) is 7.20. The number of nitrogens with zero attached hydrogens (tertiary/aromatic N) is 2. The van der Waals surface area contributed by atoms with Crippen molar-refractivity contribution in [1.82, 2.24) is 4.57 Å². The fraction of sp³-hybridized carbons (Fsp3) is 0.250. The van der Waals surface area contributed by atoms with Gasteiger partial charge in [0.05, 0.1) is 16.7 Å². The van der Waals surface area contributed by atoms with Crippen LogP contribution < -0.4 is 0 Å². The minimum Gasteiger partial charge on any atom is -0.318 e. The van der Waals surface area contributed by atoms with E-state index in [1.807, 2.05) is 13.0 Å². The first kappa shape index (κ1) is 23.8. The van der Waals surface area contributed by atoms with Gasteiger partial charge in [-0.3, -0.25) is 0 Å². The molecule has 0 spiro atoms. The van der Waals surface area contributed by atoms with Crippen molar-refractivity contribution in [2.75, 3.05) is 0 Å². The first-order valence-electron chi connectivity index (χ1n) is 12.7. The predicted molar refractivity (Wildman–Crippen MR) is 149 cm³/mol. The summed E-state index contributed by atoms with van der Waals surface area (Å²) in [5.74, 6) is -0.0938. The van der Waals surface area contributed by atoms with Crippen molar-refractivity contribution in [1.29, 1.82) is 0 Å². The molecule has 1 atom stereocenters. The number of carbonyl (C=O) groups is 1. The van der Waals surface area contributed by atoms with Gasteiger partial charge < -0.3 is 9.40 Å². The van der Waals surface area contributed by atoms with Crippen LogP contribution in [0.15, 0.2) is 95.2 Å². The van der Waals surface area contributed by atoms with Gasteiger partial charge in [-0.05, 0) is 73.7 Å². The number of oxime groups is 1. The molecule has 0 saturated carbocycles. The Bertz CT molecular complexity index is 1540. The lowest BCUT2D eigenvalue weighted by molar-refractivity contribution is -0.140. The van der Waals surface area contributed by atoms with Crippen LogP contribution in [-0.2, 0) is 9.63 Å². The number of fused-ring (bicyclic) bond motifs is 3. The zero-order valence-electron chi connectivity index (χ0n) is 21.4. The Morgan fingerprint density at radius 1 is 1.03 bits per heavy atom. The Labute approximate surface area is 212 Å². The number of para-hydroxylation sites is 1. The number of hydrogen-bond donors (Lipinski definition) is 0. The van der Waals surface area contributed by atoms with Crippen LogP contribution in [-0.4, -0.2) is 16.2 Å². The van der Waals surface area contributed by atoms with Gasteiger partial charge in [-0.25, -0.2) is 4.79 Å². The van der Waals surface area contributed by atoms with Crippen molar-refractivity contribution in [3.05, 3.63) is 101 Å². The van der Waals surface area contributed by atoms with Gasteiger partial charge in [0.1, 0.15) is 0 Å². The number of benzene rings is 3. The zero-order valence-corrected chi connectivity index (χ0v) is 21.4. The van der Waals surface area contributed by atoms with Crippen molar-refractivity contribution in [2.24, 2.45) is 5.16 Å². The molecule has 0 amide bonds. The summed E-state index contributed by atoms with van der Waals surface area (Å²) < 4.78 is 2.32. The highest BCUT2D eigenvalue weighted by atomic mass is 16.7. The minimum atomic E-state index is -0.414. The maximum atomic E-state index is 11.4. The minimum absolute atomic E-state index is 0.320. The maximum Gasteiger partial charge on any atom is 0.331 e. The Kier molecular flexibility index (Phi) is 6.60. The molecule has 4 nitrogen and oxygen atoms in total. The molecule has 1 unspecified atom stereocenters. The molecule has 182 valence electrons. The third-order valence-corrected chi connectivity index (χ3v) is 7.20. The molecule has 0 saturated heterocycles. The van der Waals surface area contributed by atoms with E-state index in [0.717, 1.165) is 40.7 Å². The lowest BCUT2D eigenvalue weighted by Gasteiger charge is -2.20. The summed E-state index contributed by atoms with van der Waals surface area (Å²) in [7, 11) is 0. The number of hydrogen-bond acceptors (Lipinski definition) is 3. The normalized spacial score (nSPS) is 15.1. The van der Waals surface area contributed by atoms with Crippen LogP contribution in [0.1, 0.15) is 64.0 Å². The fourth-order valence-corrected chi connectivity index (χ4v) is 5.28. The van der Waals surface area contributed by atoms with E-state index in [2.05, 4.69) is 96.4 Å². The Morgan fingerprint density at radius 2 is 1.75 bits per heavy atom. The van der Waals surface area contributed by atoms with Gasteiger partial charge in [0, 0.05) is 34.9 Å². The summed E-state index contributed by atoms with van der Waals surface area (Å²) in [6, 6.07) is 23.8. The lowest BCUT2D eigenvalue weighted by atomic mass is 9.85. The average Bonchev–Trinajstić information content (AvgIpc) is 3.22. The molecule has 5 rings (SSSR count). The Morgan fingerprint density at radius 3 is 2.44 bits per heavy atom. The summed E-state index contributed by atoms with van der Waals surface area (Å²) in [5.41, 5.74) is 9.37. The summed E-state index contributed by atoms with van der Waals surface area (Å²) >= 11 is 0. The number of rotatable bonds is 6. The number of allylic oxidation sites excluding steroid dienone is 4. The molecule has 4 heteroatoms. The van der Waals surface area contributed by atoms with Crippen LogP contribution in [0, 0.1) is 0 Å². The second kappa shape index (κ2) is 9.98. The highest BCUT2D eigenvalue weighted by Gasteiger charge is 2.18. The molecule has 0 fully saturated rings. The van der Waals surface area contributed by atoms with Crippen LogP contribution in [0.5, 0.6) is 0 Å². The summed E-state index contributed by atoms with van der Waals surface area (Å²) in [6.07, 6.45) is 7.52. The Balaban J connectivity index is 1.73. The molecule has 1 aliphatic carbocycles. The van der Waals surface area contributed by atoms with E-state index in [1.165, 1.54) is 34.5 Å². The fourth-order valence-electron chi connectivity index (χ4n) is 5.28. The largest absolute Gasteiger partial charge is 0.331 e. The predicted octanol–water partition coefficient (Wildman–Crippen LogP) is 8.23. The number of aromatic nitrogens is 1. The molecule has 0 N–H and O–H groups in total. The average molecular weight is 477 g/mol. The van der Waals surface area contributed by atoms with E-state index in [-0.39, 0.29) is 0 Å². The quantitative estimate of drug-likeness (QED) is 0.160. The van der Waals surface area contributed by atoms with Crippen LogP contribution in [0.4, 0.5) is 0 Å². The van der Waals surface area contributed by atoms with Gasteiger partial charge in [-0.15, -0.1) is 0 Å². The van der Waals surface area contributed by atoms with Crippen molar-refractivity contribution in [3.8, 4) is 5.69 Å². The van der Waals surface area contributed by atoms with E-state index in [0.29, 0.717) is 12.3 Å². The van der Waals surface area contributed by atoms with Crippen LogP contribution in [0.2, 0.25) is 0 Å². The Hall–Kier alpha value is -3.92. The molecule has 0 aliphatic heterocycles. The topological polar surface area (TPSA) is 43.6 Å². The molecule has 4 aromatic rings. The first-order chi connectivity index (χ1) is 17.5. The van der Waals surface area contributed by atoms with Gasteiger partial charge in [0.25, 0.3) is 0 Å². The summed E-state index contributed by atoms with van der Waals surface area (Å²) in [6.45, 7) is 7.96. The van der Waals surface area contributed by atoms with Crippen molar-refractivity contribution < 1.29 is 9.63 Å². The molecule has 1 aliphatic rings. The standard InChI is InChI=1S/C32H32N2O2/c1-5-30(33-36-23(4)35)25-16-18-32-29(20-25)28-19-24(22(3)27-14-10-9-11-21(27)2)15-17-31(28)34(32)26-12-7-6-8-13-26/h6-8,10,12-20,22H,5,9,11H2,1-4H3/b33-30+. The van der Waals surface area contributed by atoms with Gasteiger partial charge in [0.15, 0.2) is 0 Å². The molecule has 0 bridgehead atoms. The highest BCUT2D eigenvalue weighted by molar-refractivity contribution is 6.12. The summed E-state index contributed by atoms with van der Waals surface area (Å²) in [4.78, 5) is 16.3. The van der Waals surface area contributed by atoms with E-state index >= 15 is 0 Å². The van der Waals surface area contributed by atoms with Gasteiger partial charge in [0.2, 0.25) is 0 Å². The van der Waals surface area contributed by atoms with Crippen LogP contribution in [0.25, 0.3) is 27.5 Å². The SMILES string of the molecule is CC/C(=N\OC(C)=O)c1ccc2c(c1)c1cc(C(C)C3=C(C)CCC=C3)ccc1n2-c1ccccc1. The second-order valence-corrected chi connectivity index (χ2v) is 9.55. The number of carbonyl (C=O) groups excluding carboxylic acids is 1. The molecule has 0 radical (unpaired) electrons. The summed E-state index contributed by atoms with van der Waals surface area (Å²) in [5, 5.41) is 6.50. The van der Waals surface area contributed by atoms with E-state index in [4.69, 9.17) is 4.84 Å². The second-order valence-electron chi connectivity index (χ2n) is 9.55. The van der Waals surface area contributed by atoms with E-state index in [9.17, 15) is 4.79 Å². The van der Waals surface area contributed by atoms with Crippen molar-refractivity contribution in [3.63, 3.8) is 0 Å². The highest BCUT2D eigenvalue weighted by Crippen LogP contribution is 2.37. The monoisotopic (exact) mass is 476 g/mol. The molecular formula is C32H32N2O2. The van der Waals surface area contributed by atoms with Gasteiger partial charge >= 0.3 is 5.97 Å². The van der Waals surface area contributed by atoms with Gasteiger partial charge in [-0.1, -0.05) is 67.1 Å².